The number of hydrogen-bond acceptors (Lipinski definition) is 4. The van der Waals surface area contributed by atoms with E-state index in [2.05, 4.69) is 63.5 Å². The summed E-state index contributed by atoms with van der Waals surface area (Å²) in [5.74, 6) is 0.663. The molecular formula is C22H28N4O. The fourth-order valence-corrected chi connectivity index (χ4v) is 4.22. The summed E-state index contributed by atoms with van der Waals surface area (Å²) in [6.45, 7) is 4.47. The summed E-state index contributed by atoms with van der Waals surface area (Å²) in [4.78, 5) is 15.1. The van der Waals surface area contributed by atoms with Crippen LogP contribution in [0.4, 0.5) is 0 Å². The van der Waals surface area contributed by atoms with Crippen LogP contribution < -0.4 is 16.2 Å². The van der Waals surface area contributed by atoms with Crippen molar-refractivity contribution in [3.05, 3.63) is 71.8 Å². The summed E-state index contributed by atoms with van der Waals surface area (Å²) in [7, 11) is 0. The molecule has 0 aliphatic carbocycles. The summed E-state index contributed by atoms with van der Waals surface area (Å²) < 4.78 is 0. The summed E-state index contributed by atoms with van der Waals surface area (Å²) in [5.41, 5.74) is 8.95. The predicted octanol–water partition coefficient (Wildman–Crippen LogP) is 2.06. The molecule has 2 aliphatic heterocycles. The lowest BCUT2D eigenvalue weighted by Gasteiger charge is -2.20. The van der Waals surface area contributed by atoms with Crippen molar-refractivity contribution in [3.63, 3.8) is 0 Å². The maximum Gasteiger partial charge on any atom is 0.226 e. The van der Waals surface area contributed by atoms with Crippen LogP contribution in [0.3, 0.4) is 0 Å². The summed E-state index contributed by atoms with van der Waals surface area (Å²) in [5, 5.41) is 3.15. The first-order valence-corrected chi connectivity index (χ1v) is 9.89. The smallest absolute Gasteiger partial charge is 0.226 e. The van der Waals surface area contributed by atoms with Crippen molar-refractivity contribution in [1.82, 2.24) is 21.1 Å². The van der Waals surface area contributed by atoms with Gasteiger partial charge in [-0.1, -0.05) is 60.7 Å². The second kappa shape index (κ2) is 8.65. The Balaban J connectivity index is 1.24. The van der Waals surface area contributed by atoms with Gasteiger partial charge in [0.05, 0.1) is 12.0 Å². The Morgan fingerprint density at radius 2 is 1.74 bits per heavy atom. The number of benzene rings is 2. The van der Waals surface area contributed by atoms with E-state index in [1.54, 1.807) is 0 Å². The van der Waals surface area contributed by atoms with Crippen molar-refractivity contribution in [2.24, 2.45) is 5.92 Å². The minimum atomic E-state index is -0.0805. The van der Waals surface area contributed by atoms with Crippen LogP contribution in [-0.4, -0.2) is 43.5 Å². The van der Waals surface area contributed by atoms with Crippen molar-refractivity contribution >= 4 is 5.91 Å². The number of amides is 1. The van der Waals surface area contributed by atoms with E-state index in [9.17, 15) is 4.79 Å². The number of carbonyl (C=O) groups is 1. The van der Waals surface area contributed by atoms with Crippen LogP contribution in [-0.2, 0) is 4.79 Å². The lowest BCUT2D eigenvalue weighted by Crippen LogP contribution is -2.39. The van der Waals surface area contributed by atoms with Crippen LogP contribution in [0.15, 0.2) is 60.7 Å². The maximum atomic E-state index is 12.7. The first kappa shape index (κ1) is 18.2. The molecule has 0 saturated carbocycles. The Morgan fingerprint density at radius 3 is 2.48 bits per heavy atom. The molecule has 0 radical (unpaired) electrons. The van der Waals surface area contributed by atoms with Crippen LogP contribution in [0.1, 0.15) is 29.5 Å². The lowest BCUT2D eigenvalue weighted by atomic mass is 9.94. The molecule has 2 saturated heterocycles. The Bertz CT molecular complexity index is 736. The highest BCUT2D eigenvalue weighted by molar-refractivity contribution is 5.80. The van der Waals surface area contributed by atoms with Crippen LogP contribution >= 0.6 is 0 Å². The van der Waals surface area contributed by atoms with E-state index in [-0.39, 0.29) is 17.9 Å². The largest absolute Gasteiger partial charge is 0.354 e. The molecule has 2 aromatic carbocycles. The zero-order valence-corrected chi connectivity index (χ0v) is 15.6. The number of likely N-dealkylation sites (tertiary alicyclic amines) is 1. The number of hydrogen-bond donors (Lipinski definition) is 3. The highest BCUT2D eigenvalue weighted by Crippen LogP contribution is 2.27. The van der Waals surface area contributed by atoms with E-state index in [4.69, 9.17) is 0 Å². The van der Waals surface area contributed by atoms with Gasteiger partial charge in [0.25, 0.3) is 0 Å². The monoisotopic (exact) mass is 364 g/mol. The first-order chi connectivity index (χ1) is 13.3. The molecule has 3 unspecified atom stereocenters. The summed E-state index contributed by atoms with van der Waals surface area (Å²) in [6, 6.07) is 20.9. The molecule has 3 N–H and O–H groups in total. The standard InChI is InChI=1S/C22H28N4O/c27-22(20-15-24-25-21(20)18-9-5-2-6-10-18)23-12-14-26-13-11-19(16-26)17-7-3-1-4-8-17/h1-10,19-21,24-25H,11-16H2,(H,23,27). The summed E-state index contributed by atoms with van der Waals surface area (Å²) >= 11 is 0. The fourth-order valence-electron chi connectivity index (χ4n) is 4.22. The summed E-state index contributed by atoms with van der Waals surface area (Å²) in [6.07, 6.45) is 1.20. The van der Waals surface area contributed by atoms with Gasteiger partial charge in [0.1, 0.15) is 0 Å². The van der Waals surface area contributed by atoms with Crippen molar-refractivity contribution < 1.29 is 4.79 Å². The third kappa shape index (κ3) is 4.38. The number of nitrogens with one attached hydrogen (secondary N) is 3. The molecule has 142 valence electrons. The third-order valence-electron chi connectivity index (χ3n) is 5.75. The van der Waals surface area contributed by atoms with Gasteiger partial charge in [0.2, 0.25) is 5.91 Å². The zero-order valence-electron chi connectivity index (χ0n) is 15.6. The zero-order chi connectivity index (χ0) is 18.5. The number of carbonyl (C=O) groups excluding carboxylic acids is 1. The van der Waals surface area contributed by atoms with Crippen molar-refractivity contribution in [1.29, 1.82) is 0 Å². The Labute approximate surface area is 161 Å². The maximum absolute atomic E-state index is 12.7. The van der Waals surface area contributed by atoms with Crippen molar-refractivity contribution in [2.75, 3.05) is 32.7 Å². The second-order valence-corrected chi connectivity index (χ2v) is 7.51. The quantitative estimate of drug-likeness (QED) is 0.734. The molecule has 0 bridgehead atoms. The van der Waals surface area contributed by atoms with Crippen LogP contribution in [0.25, 0.3) is 0 Å². The molecule has 2 aliphatic rings. The van der Waals surface area contributed by atoms with Crippen molar-refractivity contribution in [2.45, 2.75) is 18.4 Å². The van der Waals surface area contributed by atoms with Crippen LogP contribution in [0.5, 0.6) is 0 Å². The molecule has 3 atom stereocenters. The molecule has 5 heteroatoms. The number of rotatable bonds is 6. The molecule has 2 aromatic rings. The van der Waals surface area contributed by atoms with Gasteiger partial charge in [-0.05, 0) is 30.0 Å². The molecule has 1 amide bonds. The van der Waals surface area contributed by atoms with E-state index in [1.807, 2.05) is 18.2 Å². The van der Waals surface area contributed by atoms with Crippen LogP contribution in [0.2, 0.25) is 0 Å². The van der Waals surface area contributed by atoms with Gasteiger partial charge < -0.3 is 10.2 Å². The van der Waals surface area contributed by atoms with E-state index < -0.39 is 0 Å². The van der Waals surface area contributed by atoms with Gasteiger partial charge in [0, 0.05) is 26.2 Å². The SMILES string of the molecule is O=C(NCCN1CCC(c2ccccc2)C1)C1CNNC1c1ccccc1. The molecule has 2 heterocycles. The third-order valence-corrected chi connectivity index (χ3v) is 5.75. The normalized spacial score (nSPS) is 25.6. The van der Waals surface area contributed by atoms with Gasteiger partial charge >= 0.3 is 0 Å². The molecule has 4 rings (SSSR count). The van der Waals surface area contributed by atoms with Crippen LogP contribution in [0, 0.1) is 5.92 Å². The highest BCUT2D eigenvalue weighted by atomic mass is 16.2. The highest BCUT2D eigenvalue weighted by Gasteiger charge is 2.33. The Morgan fingerprint density at radius 1 is 1.04 bits per heavy atom. The topological polar surface area (TPSA) is 56.4 Å². The van der Waals surface area contributed by atoms with Gasteiger partial charge in [-0.15, -0.1) is 0 Å². The van der Waals surface area contributed by atoms with E-state index in [0.717, 1.165) is 25.2 Å². The van der Waals surface area contributed by atoms with Gasteiger partial charge in [-0.25, -0.2) is 5.43 Å². The van der Waals surface area contributed by atoms with Gasteiger partial charge in [0.15, 0.2) is 0 Å². The number of nitrogens with zero attached hydrogens (tertiary/aromatic N) is 1. The molecule has 2 fully saturated rings. The van der Waals surface area contributed by atoms with E-state index in [1.165, 1.54) is 12.0 Å². The molecule has 0 aromatic heterocycles. The minimum Gasteiger partial charge on any atom is -0.354 e. The Hall–Kier alpha value is -2.21. The second-order valence-electron chi connectivity index (χ2n) is 7.51. The average molecular weight is 364 g/mol. The lowest BCUT2D eigenvalue weighted by molar-refractivity contribution is -0.124. The van der Waals surface area contributed by atoms with Gasteiger partial charge in [-0.2, -0.15) is 0 Å². The molecule has 27 heavy (non-hydrogen) atoms. The molecule has 0 spiro atoms. The average Bonchev–Trinajstić information content (AvgIpc) is 3.39. The molecular weight excluding hydrogens is 336 g/mol. The van der Waals surface area contributed by atoms with E-state index in [0.29, 0.717) is 19.0 Å². The number of hydrazine groups is 1. The Kier molecular flexibility index (Phi) is 5.82. The van der Waals surface area contributed by atoms with Crippen molar-refractivity contribution in [3.8, 4) is 0 Å². The van der Waals surface area contributed by atoms with Gasteiger partial charge in [-0.3, -0.25) is 10.2 Å². The molecule has 5 nitrogen and oxygen atoms in total. The fraction of sp³-hybridized carbons (Fsp3) is 0.409. The first-order valence-electron chi connectivity index (χ1n) is 9.89. The predicted molar refractivity (Wildman–Crippen MR) is 107 cm³/mol. The minimum absolute atomic E-state index is 0.0282. The van der Waals surface area contributed by atoms with E-state index >= 15 is 0 Å².